The van der Waals surface area contributed by atoms with Crippen LogP contribution < -0.4 is 5.32 Å². The molecule has 1 amide bonds. The van der Waals surface area contributed by atoms with E-state index < -0.39 is 28.8 Å². The number of hydrogen-bond donors (Lipinski definition) is 1. The highest BCUT2D eigenvalue weighted by Crippen LogP contribution is 2.26. The van der Waals surface area contributed by atoms with Crippen LogP contribution in [0.1, 0.15) is 20.8 Å². The molecule has 0 aromatic heterocycles. The zero-order chi connectivity index (χ0) is 16.2. The van der Waals surface area contributed by atoms with E-state index in [-0.39, 0.29) is 16.4 Å². The van der Waals surface area contributed by atoms with Crippen LogP contribution >= 0.6 is 11.6 Å². The van der Waals surface area contributed by atoms with E-state index in [0.29, 0.717) is 0 Å². The number of nitrogens with zero attached hydrogens (tertiary/aromatic N) is 1. The fourth-order valence-corrected chi connectivity index (χ4v) is 1.47. The second-order valence-corrected chi connectivity index (χ2v) is 5.70. The van der Waals surface area contributed by atoms with Crippen molar-refractivity contribution in [3.63, 3.8) is 0 Å². The molecule has 8 heteroatoms. The molecule has 21 heavy (non-hydrogen) atoms. The minimum Gasteiger partial charge on any atom is -0.455 e. The number of nitrogens with one attached hydrogen (secondary N) is 1. The molecule has 0 aliphatic heterocycles. The van der Waals surface area contributed by atoms with Gasteiger partial charge >= 0.3 is 5.97 Å². The summed E-state index contributed by atoms with van der Waals surface area (Å²) in [5, 5.41) is 13.0. The van der Waals surface area contributed by atoms with E-state index in [2.05, 4.69) is 5.32 Å². The molecular weight excluding hydrogens is 300 g/mol. The largest absolute Gasteiger partial charge is 0.455 e. The lowest BCUT2D eigenvalue weighted by molar-refractivity contribution is -0.384. The van der Waals surface area contributed by atoms with E-state index in [0.717, 1.165) is 6.07 Å². The van der Waals surface area contributed by atoms with Gasteiger partial charge in [-0.2, -0.15) is 0 Å². The molecule has 1 rings (SSSR count). The number of halogens is 1. The Bertz CT molecular complexity index is 580. The number of non-ortho nitro benzene ring substituents is 1. The second-order valence-electron chi connectivity index (χ2n) is 5.30. The first-order valence-corrected chi connectivity index (χ1v) is 6.40. The van der Waals surface area contributed by atoms with Crippen molar-refractivity contribution in [2.75, 3.05) is 11.9 Å². The molecule has 0 aliphatic carbocycles. The van der Waals surface area contributed by atoms with Gasteiger partial charge < -0.3 is 10.1 Å². The van der Waals surface area contributed by atoms with Gasteiger partial charge in [0, 0.05) is 12.1 Å². The fourth-order valence-electron chi connectivity index (χ4n) is 1.25. The molecule has 0 atom stereocenters. The highest BCUT2D eigenvalue weighted by Gasteiger charge is 2.24. The molecule has 0 aliphatic rings. The van der Waals surface area contributed by atoms with E-state index in [4.69, 9.17) is 16.3 Å². The number of carbonyl (C=O) groups is 2. The number of nitro groups is 1. The lowest BCUT2D eigenvalue weighted by Crippen LogP contribution is -2.28. The Labute approximate surface area is 126 Å². The second kappa shape index (κ2) is 6.53. The summed E-state index contributed by atoms with van der Waals surface area (Å²) in [5.74, 6) is -1.09. The molecule has 1 aromatic carbocycles. The Morgan fingerprint density at radius 3 is 2.48 bits per heavy atom. The molecule has 0 spiro atoms. The molecule has 0 saturated heterocycles. The van der Waals surface area contributed by atoms with Crippen LogP contribution in [0.2, 0.25) is 5.02 Å². The number of carbonyl (C=O) groups excluding carboxylic acids is 2. The Hall–Kier alpha value is -2.15. The molecule has 0 fully saturated rings. The van der Waals surface area contributed by atoms with Crippen molar-refractivity contribution in [2.24, 2.45) is 5.41 Å². The summed E-state index contributed by atoms with van der Waals surface area (Å²) in [5.41, 5.74) is -0.679. The lowest BCUT2D eigenvalue weighted by Gasteiger charge is -2.16. The van der Waals surface area contributed by atoms with Gasteiger partial charge in [0.2, 0.25) is 0 Å². The Balaban J connectivity index is 2.64. The van der Waals surface area contributed by atoms with E-state index in [9.17, 15) is 19.7 Å². The van der Waals surface area contributed by atoms with Gasteiger partial charge in [0.1, 0.15) is 0 Å². The molecule has 0 bridgehead atoms. The number of nitro benzene ring substituents is 1. The topological polar surface area (TPSA) is 98.5 Å². The molecular formula is C13H15ClN2O5. The third-order valence-electron chi connectivity index (χ3n) is 2.38. The van der Waals surface area contributed by atoms with Gasteiger partial charge in [-0.25, -0.2) is 0 Å². The normalized spacial score (nSPS) is 10.9. The maximum Gasteiger partial charge on any atom is 0.311 e. The van der Waals surface area contributed by atoms with Crippen LogP contribution in [0.15, 0.2) is 18.2 Å². The van der Waals surface area contributed by atoms with Crippen LogP contribution in [0.25, 0.3) is 0 Å². The average Bonchev–Trinajstić information content (AvgIpc) is 2.36. The van der Waals surface area contributed by atoms with Crippen LogP contribution in [0.4, 0.5) is 11.4 Å². The van der Waals surface area contributed by atoms with Crippen molar-refractivity contribution in [1.29, 1.82) is 0 Å². The van der Waals surface area contributed by atoms with Crippen molar-refractivity contribution >= 4 is 34.9 Å². The first kappa shape index (κ1) is 16.9. The number of ether oxygens (including phenoxy) is 1. The number of hydrogen-bond acceptors (Lipinski definition) is 5. The fraction of sp³-hybridized carbons (Fsp3) is 0.385. The average molecular weight is 315 g/mol. The molecule has 0 unspecified atom stereocenters. The first-order chi connectivity index (χ1) is 9.61. The predicted molar refractivity (Wildman–Crippen MR) is 77.2 cm³/mol. The Morgan fingerprint density at radius 2 is 2.00 bits per heavy atom. The third kappa shape index (κ3) is 5.03. The molecule has 1 aromatic rings. The molecule has 0 heterocycles. The number of rotatable bonds is 4. The molecule has 1 N–H and O–H groups in total. The quantitative estimate of drug-likeness (QED) is 0.523. The lowest BCUT2D eigenvalue weighted by atomic mass is 9.97. The van der Waals surface area contributed by atoms with Crippen molar-refractivity contribution in [2.45, 2.75) is 20.8 Å². The van der Waals surface area contributed by atoms with E-state index >= 15 is 0 Å². The van der Waals surface area contributed by atoms with Crippen molar-refractivity contribution in [3.8, 4) is 0 Å². The van der Waals surface area contributed by atoms with Gasteiger partial charge in [-0.3, -0.25) is 19.7 Å². The summed E-state index contributed by atoms with van der Waals surface area (Å²) in [6.07, 6.45) is 0. The predicted octanol–water partition coefficient (Wildman–Crippen LogP) is 2.78. The molecule has 0 saturated carbocycles. The number of anilines is 1. The van der Waals surface area contributed by atoms with Crippen LogP contribution in [-0.2, 0) is 14.3 Å². The summed E-state index contributed by atoms with van der Waals surface area (Å²) in [6, 6.07) is 3.64. The van der Waals surface area contributed by atoms with Gasteiger partial charge in [0.15, 0.2) is 6.61 Å². The number of amides is 1. The number of esters is 1. The standard InChI is InChI=1S/C13H15ClN2O5/c1-13(2,3)12(18)21-7-11(17)15-10-5-4-8(16(19)20)6-9(10)14/h4-6H,7H2,1-3H3,(H,15,17). The summed E-state index contributed by atoms with van der Waals surface area (Å²) in [4.78, 5) is 33.1. The highest BCUT2D eigenvalue weighted by atomic mass is 35.5. The van der Waals surface area contributed by atoms with Gasteiger partial charge in [-0.15, -0.1) is 0 Å². The zero-order valence-corrected chi connectivity index (χ0v) is 12.6. The smallest absolute Gasteiger partial charge is 0.311 e. The number of benzene rings is 1. The SMILES string of the molecule is CC(C)(C)C(=O)OCC(=O)Nc1ccc([N+](=O)[O-])cc1Cl. The van der Waals surface area contributed by atoms with Crippen LogP contribution in [0.3, 0.4) is 0 Å². The van der Waals surface area contributed by atoms with Gasteiger partial charge in [-0.1, -0.05) is 11.6 Å². The van der Waals surface area contributed by atoms with E-state index in [1.54, 1.807) is 20.8 Å². The zero-order valence-electron chi connectivity index (χ0n) is 11.8. The van der Waals surface area contributed by atoms with Crippen LogP contribution in [0.5, 0.6) is 0 Å². The monoisotopic (exact) mass is 314 g/mol. The minimum absolute atomic E-state index is 0.0275. The minimum atomic E-state index is -0.703. The Morgan fingerprint density at radius 1 is 1.38 bits per heavy atom. The van der Waals surface area contributed by atoms with Gasteiger partial charge in [0.25, 0.3) is 11.6 Å². The summed E-state index contributed by atoms with van der Waals surface area (Å²) < 4.78 is 4.84. The summed E-state index contributed by atoms with van der Waals surface area (Å²) in [7, 11) is 0. The van der Waals surface area contributed by atoms with Crippen LogP contribution in [-0.4, -0.2) is 23.4 Å². The Kier molecular flexibility index (Phi) is 5.26. The van der Waals surface area contributed by atoms with E-state index in [1.807, 2.05) is 0 Å². The van der Waals surface area contributed by atoms with Gasteiger partial charge in [-0.05, 0) is 26.8 Å². The molecule has 114 valence electrons. The highest BCUT2D eigenvalue weighted by molar-refractivity contribution is 6.34. The van der Waals surface area contributed by atoms with E-state index in [1.165, 1.54) is 12.1 Å². The molecule has 7 nitrogen and oxygen atoms in total. The maximum absolute atomic E-state index is 11.6. The maximum atomic E-state index is 11.6. The van der Waals surface area contributed by atoms with Crippen LogP contribution in [0, 0.1) is 15.5 Å². The van der Waals surface area contributed by atoms with Crippen molar-refractivity contribution in [3.05, 3.63) is 33.3 Å². The summed E-state index contributed by atoms with van der Waals surface area (Å²) >= 11 is 5.83. The summed E-state index contributed by atoms with van der Waals surface area (Å²) in [6.45, 7) is 4.55. The first-order valence-electron chi connectivity index (χ1n) is 6.02. The molecule has 0 radical (unpaired) electrons. The van der Waals surface area contributed by atoms with Crippen molar-refractivity contribution < 1.29 is 19.2 Å². The van der Waals surface area contributed by atoms with Crippen molar-refractivity contribution in [1.82, 2.24) is 0 Å². The van der Waals surface area contributed by atoms with Gasteiger partial charge in [0.05, 0.1) is 21.0 Å². The third-order valence-corrected chi connectivity index (χ3v) is 2.70.